The van der Waals surface area contributed by atoms with Crippen molar-refractivity contribution in [2.24, 2.45) is 0 Å². The van der Waals surface area contributed by atoms with E-state index in [1.807, 2.05) is 36.4 Å². The van der Waals surface area contributed by atoms with E-state index in [9.17, 15) is 4.79 Å². The standard InChI is InChI=1S/C20H20N4O2/c25-14-16-6-4-15(5-7-16)8-9-23-20(26)17-2-1-3-18(12-17)24-19-13-21-10-11-22-19/h1-7,10-13,25H,8-9,14H2,(H,22,24)(H,23,26). The number of hydrogen-bond acceptors (Lipinski definition) is 5. The molecule has 2 aromatic carbocycles. The van der Waals surface area contributed by atoms with Crippen LogP contribution in [0.4, 0.5) is 11.5 Å². The lowest BCUT2D eigenvalue weighted by Gasteiger charge is -2.09. The number of amides is 1. The predicted molar refractivity (Wildman–Crippen MR) is 100 cm³/mol. The molecule has 6 nitrogen and oxygen atoms in total. The van der Waals surface area contributed by atoms with Gasteiger partial charge < -0.3 is 15.7 Å². The SMILES string of the molecule is O=C(NCCc1ccc(CO)cc1)c1cccc(Nc2cnccn2)c1. The molecule has 132 valence electrons. The normalized spacial score (nSPS) is 10.3. The molecule has 0 radical (unpaired) electrons. The van der Waals surface area contributed by atoms with Crippen LogP contribution in [0.1, 0.15) is 21.5 Å². The molecule has 3 aromatic rings. The van der Waals surface area contributed by atoms with Crippen LogP contribution >= 0.6 is 0 Å². The Morgan fingerprint density at radius 2 is 1.85 bits per heavy atom. The van der Waals surface area contributed by atoms with Gasteiger partial charge in [0.2, 0.25) is 0 Å². The Balaban J connectivity index is 1.55. The molecule has 0 aliphatic rings. The highest BCUT2D eigenvalue weighted by atomic mass is 16.3. The molecule has 0 fully saturated rings. The number of nitrogens with one attached hydrogen (secondary N) is 2. The first-order valence-electron chi connectivity index (χ1n) is 8.34. The molecule has 0 saturated heterocycles. The summed E-state index contributed by atoms with van der Waals surface area (Å²) in [6.07, 6.45) is 5.56. The second kappa shape index (κ2) is 8.73. The van der Waals surface area contributed by atoms with Gasteiger partial charge in [-0.25, -0.2) is 4.98 Å². The van der Waals surface area contributed by atoms with E-state index in [-0.39, 0.29) is 12.5 Å². The highest BCUT2D eigenvalue weighted by Crippen LogP contribution is 2.15. The summed E-state index contributed by atoms with van der Waals surface area (Å²) in [5.74, 6) is 0.496. The number of benzene rings is 2. The Bertz CT molecular complexity index is 851. The van der Waals surface area contributed by atoms with E-state index in [1.54, 1.807) is 30.7 Å². The van der Waals surface area contributed by atoms with Gasteiger partial charge in [0.15, 0.2) is 0 Å². The van der Waals surface area contributed by atoms with Crippen molar-refractivity contribution < 1.29 is 9.90 Å². The zero-order valence-corrected chi connectivity index (χ0v) is 14.2. The van der Waals surface area contributed by atoms with Crippen molar-refractivity contribution in [3.63, 3.8) is 0 Å². The van der Waals surface area contributed by atoms with E-state index in [4.69, 9.17) is 5.11 Å². The lowest BCUT2D eigenvalue weighted by Crippen LogP contribution is -2.25. The van der Waals surface area contributed by atoms with Gasteiger partial charge in [-0.2, -0.15) is 0 Å². The van der Waals surface area contributed by atoms with Crippen molar-refractivity contribution >= 4 is 17.4 Å². The minimum Gasteiger partial charge on any atom is -0.392 e. The van der Waals surface area contributed by atoms with Crippen molar-refractivity contribution in [3.8, 4) is 0 Å². The summed E-state index contributed by atoms with van der Waals surface area (Å²) in [6, 6.07) is 14.9. The molecule has 0 aliphatic carbocycles. The predicted octanol–water partition coefficient (Wildman–Crippen LogP) is 2.69. The first kappa shape index (κ1) is 17.6. The van der Waals surface area contributed by atoms with Crippen LogP contribution in [0.25, 0.3) is 0 Å². The fraction of sp³-hybridized carbons (Fsp3) is 0.150. The van der Waals surface area contributed by atoms with Crippen molar-refractivity contribution in [1.29, 1.82) is 0 Å². The molecule has 0 unspecified atom stereocenters. The smallest absolute Gasteiger partial charge is 0.251 e. The van der Waals surface area contributed by atoms with Gasteiger partial charge in [-0.3, -0.25) is 9.78 Å². The zero-order valence-electron chi connectivity index (χ0n) is 14.2. The Labute approximate surface area is 152 Å². The number of anilines is 2. The minimum absolute atomic E-state index is 0.0377. The molecule has 26 heavy (non-hydrogen) atoms. The van der Waals surface area contributed by atoms with E-state index in [0.29, 0.717) is 17.9 Å². The summed E-state index contributed by atoms with van der Waals surface area (Å²) in [5, 5.41) is 15.1. The fourth-order valence-corrected chi connectivity index (χ4v) is 2.48. The van der Waals surface area contributed by atoms with Gasteiger partial charge >= 0.3 is 0 Å². The molecule has 0 aliphatic heterocycles. The third-order valence-corrected chi connectivity index (χ3v) is 3.87. The van der Waals surface area contributed by atoms with Crippen LogP contribution in [0.5, 0.6) is 0 Å². The first-order valence-corrected chi connectivity index (χ1v) is 8.34. The van der Waals surface area contributed by atoms with Gasteiger partial charge in [0.1, 0.15) is 5.82 Å². The molecular weight excluding hydrogens is 328 g/mol. The maximum atomic E-state index is 12.3. The van der Waals surface area contributed by atoms with E-state index in [1.165, 1.54) is 0 Å². The summed E-state index contributed by atoms with van der Waals surface area (Å²) in [5.41, 5.74) is 3.35. The Hall–Kier alpha value is -3.25. The van der Waals surface area contributed by atoms with Crippen LogP contribution in [0.2, 0.25) is 0 Å². The molecule has 0 bridgehead atoms. The fourth-order valence-electron chi connectivity index (χ4n) is 2.48. The highest BCUT2D eigenvalue weighted by molar-refractivity contribution is 5.95. The summed E-state index contributed by atoms with van der Waals surface area (Å²) >= 11 is 0. The molecule has 0 atom stereocenters. The maximum absolute atomic E-state index is 12.3. The number of hydrogen-bond donors (Lipinski definition) is 3. The number of aliphatic hydroxyl groups excluding tert-OH is 1. The maximum Gasteiger partial charge on any atom is 0.251 e. The lowest BCUT2D eigenvalue weighted by molar-refractivity contribution is 0.0954. The number of carbonyl (C=O) groups excluding carboxylic acids is 1. The van der Waals surface area contributed by atoms with E-state index >= 15 is 0 Å². The average Bonchev–Trinajstić information content (AvgIpc) is 2.69. The van der Waals surface area contributed by atoms with Gasteiger partial charge in [0.25, 0.3) is 5.91 Å². The van der Waals surface area contributed by atoms with Gasteiger partial charge in [-0.1, -0.05) is 30.3 Å². The van der Waals surface area contributed by atoms with E-state index in [0.717, 1.165) is 23.2 Å². The molecule has 0 saturated carbocycles. The van der Waals surface area contributed by atoms with Crippen LogP contribution in [0.3, 0.4) is 0 Å². The summed E-state index contributed by atoms with van der Waals surface area (Å²) < 4.78 is 0. The van der Waals surface area contributed by atoms with Crippen LogP contribution in [-0.2, 0) is 13.0 Å². The highest BCUT2D eigenvalue weighted by Gasteiger charge is 2.06. The van der Waals surface area contributed by atoms with Crippen molar-refractivity contribution in [3.05, 3.63) is 83.8 Å². The van der Waals surface area contributed by atoms with Gasteiger partial charge in [0.05, 0.1) is 12.8 Å². The quantitative estimate of drug-likeness (QED) is 0.611. The molecule has 1 heterocycles. The Morgan fingerprint density at radius 3 is 2.58 bits per heavy atom. The number of carbonyl (C=O) groups is 1. The topological polar surface area (TPSA) is 87.1 Å². The number of aromatic nitrogens is 2. The lowest BCUT2D eigenvalue weighted by atomic mass is 10.1. The molecule has 0 spiro atoms. The number of nitrogens with zero attached hydrogens (tertiary/aromatic N) is 2. The minimum atomic E-state index is -0.125. The van der Waals surface area contributed by atoms with E-state index in [2.05, 4.69) is 20.6 Å². The zero-order chi connectivity index (χ0) is 18.2. The van der Waals surface area contributed by atoms with Crippen molar-refractivity contribution in [1.82, 2.24) is 15.3 Å². The third-order valence-electron chi connectivity index (χ3n) is 3.87. The van der Waals surface area contributed by atoms with Crippen molar-refractivity contribution in [2.75, 3.05) is 11.9 Å². The molecule has 6 heteroatoms. The van der Waals surface area contributed by atoms with Crippen LogP contribution in [-0.4, -0.2) is 27.5 Å². The molecule has 3 rings (SSSR count). The number of aliphatic hydroxyl groups is 1. The first-order chi connectivity index (χ1) is 12.7. The Kier molecular flexibility index (Phi) is 5.90. The van der Waals surface area contributed by atoms with Gasteiger partial charge in [-0.05, 0) is 35.7 Å². The van der Waals surface area contributed by atoms with Gasteiger partial charge in [0, 0.05) is 30.2 Å². The van der Waals surface area contributed by atoms with Crippen LogP contribution in [0, 0.1) is 0 Å². The Morgan fingerprint density at radius 1 is 1.04 bits per heavy atom. The summed E-state index contributed by atoms with van der Waals surface area (Å²) in [6.45, 7) is 0.578. The summed E-state index contributed by atoms with van der Waals surface area (Å²) in [7, 11) is 0. The second-order valence-corrected chi connectivity index (χ2v) is 5.78. The molecule has 3 N–H and O–H groups in total. The van der Waals surface area contributed by atoms with E-state index < -0.39 is 0 Å². The third kappa shape index (κ3) is 4.87. The van der Waals surface area contributed by atoms with Crippen LogP contribution in [0.15, 0.2) is 67.1 Å². The second-order valence-electron chi connectivity index (χ2n) is 5.78. The summed E-state index contributed by atoms with van der Waals surface area (Å²) in [4.78, 5) is 20.5. The van der Waals surface area contributed by atoms with Crippen LogP contribution < -0.4 is 10.6 Å². The largest absolute Gasteiger partial charge is 0.392 e. The van der Waals surface area contributed by atoms with Crippen molar-refractivity contribution in [2.45, 2.75) is 13.0 Å². The molecule has 1 amide bonds. The average molecular weight is 348 g/mol. The number of rotatable bonds is 7. The molecule has 1 aromatic heterocycles. The molecular formula is C20H20N4O2. The monoisotopic (exact) mass is 348 g/mol. The van der Waals surface area contributed by atoms with Gasteiger partial charge in [-0.15, -0.1) is 0 Å².